The van der Waals surface area contributed by atoms with Gasteiger partial charge in [0.15, 0.2) is 5.16 Å². The molecule has 0 saturated carbocycles. The summed E-state index contributed by atoms with van der Waals surface area (Å²) in [7, 11) is 0. The number of aromatic nitrogens is 2. The topological polar surface area (TPSA) is 66.1 Å². The Morgan fingerprint density at radius 1 is 1.39 bits per heavy atom. The van der Waals surface area contributed by atoms with Gasteiger partial charge in [0.2, 0.25) is 5.91 Å². The highest BCUT2D eigenvalue weighted by atomic mass is 32.2. The summed E-state index contributed by atoms with van der Waals surface area (Å²) in [4.78, 5) is 35.6. The molecular weight excluding hydrogens is 330 g/mol. The first-order chi connectivity index (χ1) is 11.0. The Morgan fingerprint density at radius 2 is 2.09 bits per heavy atom. The first kappa shape index (κ1) is 16.5. The summed E-state index contributed by atoms with van der Waals surface area (Å²) in [5, 5.41) is 1.20. The normalized spacial score (nSPS) is 16.2. The molecule has 7 heteroatoms. The van der Waals surface area contributed by atoms with Crippen LogP contribution in [-0.4, -0.2) is 39.6 Å². The van der Waals surface area contributed by atoms with E-state index in [-0.39, 0.29) is 11.5 Å². The third-order valence-electron chi connectivity index (χ3n) is 4.49. The summed E-state index contributed by atoms with van der Waals surface area (Å²) in [5.41, 5.74) is 0.882. The molecule has 3 heterocycles. The third-order valence-corrected chi connectivity index (χ3v) is 6.45. The molecule has 23 heavy (non-hydrogen) atoms. The van der Waals surface area contributed by atoms with Crippen LogP contribution in [0, 0.1) is 19.8 Å². The van der Waals surface area contributed by atoms with E-state index >= 15 is 0 Å². The highest BCUT2D eigenvalue weighted by Gasteiger charge is 2.20. The number of thiophene rings is 1. The first-order valence-corrected chi connectivity index (χ1v) is 9.66. The quantitative estimate of drug-likeness (QED) is 0.682. The number of H-pyrrole nitrogens is 1. The molecule has 0 bridgehead atoms. The van der Waals surface area contributed by atoms with E-state index in [0.29, 0.717) is 22.2 Å². The maximum Gasteiger partial charge on any atom is 0.260 e. The van der Waals surface area contributed by atoms with Gasteiger partial charge in [-0.25, -0.2) is 4.98 Å². The number of piperidine rings is 1. The molecule has 1 aliphatic rings. The average Bonchev–Trinajstić information content (AvgIpc) is 2.80. The molecule has 1 fully saturated rings. The second-order valence-electron chi connectivity index (χ2n) is 6.19. The van der Waals surface area contributed by atoms with Crippen molar-refractivity contribution in [1.82, 2.24) is 14.9 Å². The lowest BCUT2D eigenvalue weighted by Crippen LogP contribution is -2.38. The molecule has 2 aromatic rings. The molecule has 0 radical (unpaired) electrons. The van der Waals surface area contributed by atoms with Gasteiger partial charge in [0.05, 0.1) is 11.1 Å². The van der Waals surface area contributed by atoms with Gasteiger partial charge in [-0.1, -0.05) is 18.7 Å². The highest BCUT2D eigenvalue weighted by Crippen LogP contribution is 2.27. The molecule has 0 aromatic carbocycles. The predicted molar refractivity (Wildman–Crippen MR) is 95.4 cm³/mol. The monoisotopic (exact) mass is 351 g/mol. The Morgan fingerprint density at radius 3 is 2.78 bits per heavy atom. The van der Waals surface area contributed by atoms with Crippen molar-refractivity contribution in [3.05, 3.63) is 20.8 Å². The van der Waals surface area contributed by atoms with Gasteiger partial charge in [0.25, 0.3) is 5.56 Å². The number of nitrogens with zero attached hydrogens (tertiary/aromatic N) is 2. The number of aryl methyl sites for hydroxylation is 2. The minimum atomic E-state index is -0.112. The summed E-state index contributed by atoms with van der Waals surface area (Å²) < 4.78 is 0. The van der Waals surface area contributed by atoms with Gasteiger partial charge >= 0.3 is 0 Å². The Kier molecular flexibility index (Phi) is 4.77. The summed E-state index contributed by atoms with van der Waals surface area (Å²) in [6.07, 6.45) is 2.15. The van der Waals surface area contributed by atoms with Gasteiger partial charge in [-0.3, -0.25) is 9.59 Å². The molecule has 1 saturated heterocycles. The number of carbonyl (C=O) groups excluding carboxylic acids is 1. The fraction of sp³-hybridized carbons (Fsp3) is 0.562. The van der Waals surface area contributed by atoms with Crippen LogP contribution < -0.4 is 5.56 Å². The van der Waals surface area contributed by atoms with Crippen LogP contribution in [0.15, 0.2) is 9.95 Å². The Hall–Kier alpha value is -1.34. The van der Waals surface area contributed by atoms with Crippen molar-refractivity contribution in [3.63, 3.8) is 0 Å². The van der Waals surface area contributed by atoms with Crippen LogP contribution in [0.1, 0.15) is 30.2 Å². The summed E-state index contributed by atoms with van der Waals surface area (Å²) >= 11 is 2.85. The molecule has 1 aliphatic heterocycles. The largest absolute Gasteiger partial charge is 0.342 e. The van der Waals surface area contributed by atoms with E-state index < -0.39 is 0 Å². The molecule has 3 rings (SSSR count). The van der Waals surface area contributed by atoms with E-state index in [1.165, 1.54) is 23.1 Å². The average molecular weight is 351 g/mol. The Balaban J connectivity index is 1.70. The minimum Gasteiger partial charge on any atom is -0.342 e. The van der Waals surface area contributed by atoms with Crippen LogP contribution in [0.3, 0.4) is 0 Å². The molecule has 0 atom stereocenters. The van der Waals surface area contributed by atoms with E-state index in [1.807, 2.05) is 18.7 Å². The molecule has 1 N–H and O–H groups in total. The van der Waals surface area contributed by atoms with E-state index in [4.69, 9.17) is 0 Å². The first-order valence-electron chi connectivity index (χ1n) is 7.86. The molecule has 0 spiro atoms. The Bertz CT molecular complexity index is 788. The van der Waals surface area contributed by atoms with Gasteiger partial charge in [-0.2, -0.15) is 0 Å². The number of aromatic amines is 1. The van der Waals surface area contributed by atoms with Crippen LogP contribution in [0.2, 0.25) is 0 Å². The van der Waals surface area contributed by atoms with Crippen LogP contribution in [0.4, 0.5) is 0 Å². The fourth-order valence-corrected chi connectivity index (χ4v) is 4.63. The zero-order chi connectivity index (χ0) is 16.6. The number of carbonyl (C=O) groups is 1. The van der Waals surface area contributed by atoms with Gasteiger partial charge < -0.3 is 9.88 Å². The van der Waals surface area contributed by atoms with E-state index in [0.717, 1.165) is 41.2 Å². The number of nitrogens with one attached hydrogen (secondary N) is 1. The van der Waals surface area contributed by atoms with Gasteiger partial charge in [0, 0.05) is 18.0 Å². The van der Waals surface area contributed by atoms with E-state index in [2.05, 4.69) is 16.9 Å². The lowest BCUT2D eigenvalue weighted by atomic mass is 9.99. The number of amides is 1. The third kappa shape index (κ3) is 3.45. The zero-order valence-electron chi connectivity index (χ0n) is 13.6. The lowest BCUT2D eigenvalue weighted by Gasteiger charge is -2.30. The van der Waals surface area contributed by atoms with Crippen molar-refractivity contribution in [2.45, 2.75) is 38.8 Å². The van der Waals surface area contributed by atoms with Crippen molar-refractivity contribution >= 4 is 39.2 Å². The second kappa shape index (κ2) is 6.65. The minimum absolute atomic E-state index is 0.112. The smallest absolute Gasteiger partial charge is 0.260 e. The van der Waals surface area contributed by atoms with E-state index in [1.54, 1.807) is 0 Å². The maximum absolute atomic E-state index is 12.3. The molecule has 0 unspecified atom stereocenters. The van der Waals surface area contributed by atoms with Crippen molar-refractivity contribution in [2.24, 2.45) is 5.92 Å². The van der Waals surface area contributed by atoms with Gasteiger partial charge in [-0.05, 0) is 38.2 Å². The number of rotatable bonds is 3. The van der Waals surface area contributed by atoms with Crippen molar-refractivity contribution < 1.29 is 4.79 Å². The highest BCUT2D eigenvalue weighted by molar-refractivity contribution is 7.99. The predicted octanol–water partition coefficient (Wildman–Crippen LogP) is 2.95. The van der Waals surface area contributed by atoms with Crippen LogP contribution in [0.25, 0.3) is 10.2 Å². The molecule has 124 valence electrons. The number of hydrogen-bond acceptors (Lipinski definition) is 5. The van der Waals surface area contributed by atoms with Crippen LogP contribution in [-0.2, 0) is 4.79 Å². The summed E-state index contributed by atoms with van der Waals surface area (Å²) in [6, 6.07) is 0. The lowest BCUT2D eigenvalue weighted by molar-refractivity contribution is -0.129. The SMILES string of the molecule is Cc1sc2nc(SCC(=O)N3CCC(C)CC3)[nH]c(=O)c2c1C. The van der Waals surface area contributed by atoms with Gasteiger partial charge in [-0.15, -0.1) is 11.3 Å². The molecular formula is C16H21N3O2S2. The fourth-order valence-electron chi connectivity index (χ4n) is 2.78. The summed E-state index contributed by atoms with van der Waals surface area (Å²) in [6.45, 7) is 7.85. The number of likely N-dealkylation sites (tertiary alicyclic amines) is 1. The zero-order valence-corrected chi connectivity index (χ0v) is 15.3. The summed E-state index contributed by atoms with van der Waals surface area (Å²) in [5.74, 6) is 1.16. The standard InChI is InChI=1S/C16H21N3O2S2/c1-9-4-6-19(7-5-9)12(20)8-22-16-17-14(21)13-10(2)11(3)23-15(13)18-16/h9H,4-8H2,1-3H3,(H,17,18,21). The molecule has 2 aromatic heterocycles. The van der Waals surface area contributed by atoms with Crippen molar-refractivity contribution in [2.75, 3.05) is 18.8 Å². The van der Waals surface area contributed by atoms with Crippen LogP contribution in [0.5, 0.6) is 0 Å². The van der Waals surface area contributed by atoms with Crippen LogP contribution >= 0.6 is 23.1 Å². The van der Waals surface area contributed by atoms with Gasteiger partial charge in [0.1, 0.15) is 4.83 Å². The van der Waals surface area contributed by atoms with E-state index in [9.17, 15) is 9.59 Å². The second-order valence-corrected chi connectivity index (χ2v) is 8.35. The van der Waals surface area contributed by atoms with Crippen molar-refractivity contribution in [1.29, 1.82) is 0 Å². The Labute approximate surface area is 143 Å². The number of hydrogen-bond donors (Lipinski definition) is 1. The molecule has 1 amide bonds. The number of thioether (sulfide) groups is 1. The molecule has 0 aliphatic carbocycles. The van der Waals surface area contributed by atoms with Crippen molar-refractivity contribution in [3.8, 4) is 0 Å². The number of fused-ring (bicyclic) bond motifs is 1. The maximum atomic E-state index is 12.3. The molecule has 5 nitrogen and oxygen atoms in total.